The normalized spacial score (nSPS) is 10.8. The zero-order valence-corrected chi connectivity index (χ0v) is 13.0. The second-order valence-electron chi connectivity index (χ2n) is 4.81. The van der Waals surface area contributed by atoms with Crippen molar-refractivity contribution in [3.05, 3.63) is 58.2 Å². The SMILES string of the molecule is Cc1ccc(NC(=O)Cc2noc3ccccc23)cc1Br. The quantitative estimate of drug-likeness (QED) is 0.778. The minimum atomic E-state index is -0.121. The van der Waals surface area contributed by atoms with Gasteiger partial charge < -0.3 is 9.84 Å². The van der Waals surface area contributed by atoms with E-state index in [2.05, 4.69) is 26.4 Å². The highest BCUT2D eigenvalue weighted by molar-refractivity contribution is 9.10. The molecular formula is C16H13BrN2O2. The smallest absolute Gasteiger partial charge is 0.230 e. The molecule has 0 bridgehead atoms. The van der Waals surface area contributed by atoms with Crippen molar-refractivity contribution in [2.24, 2.45) is 0 Å². The monoisotopic (exact) mass is 344 g/mol. The van der Waals surface area contributed by atoms with Crippen LogP contribution in [0.25, 0.3) is 11.0 Å². The molecule has 3 aromatic rings. The number of carbonyl (C=O) groups excluding carboxylic acids is 1. The molecule has 1 N–H and O–H groups in total. The molecule has 0 radical (unpaired) electrons. The number of anilines is 1. The number of amides is 1. The molecule has 3 rings (SSSR count). The molecule has 0 saturated carbocycles. The van der Waals surface area contributed by atoms with E-state index in [1.165, 1.54) is 0 Å². The standard InChI is InChI=1S/C16H13BrN2O2/c1-10-6-7-11(8-13(10)17)18-16(20)9-14-12-4-2-3-5-15(12)21-19-14/h2-8H,9H2,1H3,(H,18,20). The van der Waals surface area contributed by atoms with Gasteiger partial charge in [0.25, 0.3) is 0 Å². The Kier molecular flexibility index (Phi) is 3.75. The summed E-state index contributed by atoms with van der Waals surface area (Å²) in [5.41, 5.74) is 3.22. The van der Waals surface area contributed by atoms with Gasteiger partial charge in [0.15, 0.2) is 5.58 Å². The Morgan fingerprint density at radius 1 is 1.29 bits per heavy atom. The van der Waals surface area contributed by atoms with Crippen LogP contribution in [0.5, 0.6) is 0 Å². The van der Waals surface area contributed by atoms with Gasteiger partial charge in [-0.3, -0.25) is 4.79 Å². The van der Waals surface area contributed by atoms with Gasteiger partial charge in [0.1, 0.15) is 5.69 Å². The average Bonchev–Trinajstić information content (AvgIpc) is 2.86. The Bertz CT molecular complexity index is 811. The molecule has 21 heavy (non-hydrogen) atoms. The Morgan fingerprint density at radius 2 is 2.10 bits per heavy atom. The topological polar surface area (TPSA) is 55.1 Å². The largest absolute Gasteiger partial charge is 0.356 e. The molecule has 106 valence electrons. The van der Waals surface area contributed by atoms with Crippen LogP contribution in [0, 0.1) is 6.92 Å². The third-order valence-electron chi connectivity index (χ3n) is 3.24. The first kappa shape index (κ1) is 13.8. The summed E-state index contributed by atoms with van der Waals surface area (Å²) in [6.07, 6.45) is 0.183. The van der Waals surface area contributed by atoms with Crippen LogP contribution in [0.15, 0.2) is 51.5 Å². The number of fused-ring (bicyclic) bond motifs is 1. The number of para-hydroxylation sites is 1. The van der Waals surface area contributed by atoms with Crippen molar-refractivity contribution in [3.63, 3.8) is 0 Å². The number of hydrogen-bond donors (Lipinski definition) is 1. The second kappa shape index (κ2) is 5.69. The third-order valence-corrected chi connectivity index (χ3v) is 4.09. The van der Waals surface area contributed by atoms with E-state index in [1.807, 2.05) is 49.4 Å². The zero-order chi connectivity index (χ0) is 14.8. The molecular weight excluding hydrogens is 332 g/mol. The van der Waals surface area contributed by atoms with Crippen molar-refractivity contribution in [3.8, 4) is 0 Å². The molecule has 1 heterocycles. The maximum atomic E-state index is 12.1. The second-order valence-corrected chi connectivity index (χ2v) is 5.67. The number of halogens is 1. The Morgan fingerprint density at radius 3 is 2.90 bits per heavy atom. The van der Waals surface area contributed by atoms with E-state index in [-0.39, 0.29) is 12.3 Å². The molecule has 0 atom stereocenters. The first-order chi connectivity index (χ1) is 10.1. The first-order valence-corrected chi connectivity index (χ1v) is 7.32. The van der Waals surface area contributed by atoms with Gasteiger partial charge in [0.2, 0.25) is 5.91 Å². The lowest BCUT2D eigenvalue weighted by atomic mass is 10.1. The van der Waals surface area contributed by atoms with Crippen LogP contribution < -0.4 is 5.32 Å². The van der Waals surface area contributed by atoms with Crippen LogP contribution in [-0.4, -0.2) is 11.1 Å². The van der Waals surface area contributed by atoms with Crippen molar-refractivity contribution in [2.45, 2.75) is 13.3 Å². The lowest BCUT2D eigenvalue weighted by Gasteiger charge is -2.06. The van der Waals surface area contributed by atoms with Gasteiger partial charge in [0.05, 0.1) is 6.42 Å². The van der Waals surface area contributed by atoms with Crippen molar-refractivity contribution in [2.75, 3.05) is 5.32 Å². The van der Waals surface area contributed by atoms with Crippen LogP contribution in [-0.2, 0) is 11.2 Å². The van der Waals surface area contributed by atoms with Gasteiger partial charge in [-0.05, 0) is 36.8 Å². The number of hydrogen-bond acceptors (Lipinski definition) is 3. The number of aromatic nitrogens is 1. The molecule has 0 unspecified atom stereocenters. The van der Waals surface area contributed by atoms with Crippen molar-refractivity contribution < 1.29 is 9.32 Å². The summed E-state index contributed by atoms with van der Waals surface area (Å²) in [6, 6.07) is 13.2. The minimum absolute atomic E-state index is 0.121. The van der Waals surface area contributed by atoms with E-state index >= 15 is 0 Å². The highest BCUT2D eigenvalue weighted by Crippen LogP contribution is 2.22. The minimum Gasteiger partial charge on any atom is -0.356 e. The number of aryl methyl sites for hydroxylation is 1. The number of carbonyl (C=O) groups is 1. The summed E-state index contributed by atoms with van der Waals surface area (Å²) < 4.78 is 6.16. The molecule has 4 nitrogen and oxygen atoms in total. The van der Waals surface area contributed by atoms with E-state index < -0.39 is 0 Å². The molecule has 0 aliphatic heterocycles. The molecule has 0 saturated heterocycles. The summed E-state index contributed by atoms with van der Waals surface area (Å²) in [4.78, 5) is 12.1. The molecule has 1 aromatic heterocycles. The Labute approximate surface area is 130 Å². The Balaban J connectivity index is 1.75. The fourth-order valence-electron chi connectivity index (χ4n) is 2.09. The van der Waals surface area contributed by atoms with Crippen molar-refractivity contribution in [1.29, 1.82) is 0 Å². The van der Waals surface area contributed by atoms with E-state index in [4.69, 9.17) is 4.52 Å². The number of nitrogens with zero attached hydrogens (tertiary/aromatic N) is 1. The summed E-state index contributed by atoms with van der Waals surface area (Å²) >= 11 is 3.45. The van der Waals surface area contributed by atoms with Crippen LogP contribution >= 0.6 is 15.9 Å². The van der Waals surface area contributed by atoms with Crippen LogP contribution in [0.4, 0.5) is 5.69 Å². The summed E-state index contributed by atoms with van der Waals surface area (Å²) in [5.74, 6) is -0.121. The van der Waals surface area contributed by atoms with Gasteiger partial charge >= 0.3 is 0 Å². The lowest BCUT2D eigenvalue weighted by Crippen LogP contribution is -2.14. The third kappa shape index (κ3) is 2.97. The predicted molar refractivity (Wildman–Crippen MR) is 85.2 cm³/mol. The van der Waals surface area contributed by atoms with Crippen LogP contribution in [0.1, 0.15) is 11.3 Å². The summed E-state index contributed by atoms with van der Waals surface area (Å²) in [6.45, 7) is 2.00. The fraction of sp³-hybridized carbons (Fsp3) is 0.125. The number of benzene rings is 2. The highest BCUT2D eigenvalue weighted by atomic mass is 79.9. The molecule has 1 amide bonds. The van der Waals surface area contributed by atoms with E-state index in [0.717, 1.165) is 21.1 Å². The zero-order valence-electron chi connectivity index (χ0n) is 11.4. The van der Waals surface area contributed by atoms with Crippen molar-refractivity contribution in [1.82, 2.24) is 5.16 Å². The van der Waals surface area contributed by atoms with Gasteiger partial charge in [-0.15, -0.1) is 0 Å². The Hall–Kier alpha value is -2.14. The molecule has 0 aliphatic carbocycles. The predicted octanol–water partition coefficient (Wildman–Crippen LogP) is 4.08. The summed E-state index contributed by atoms with van der Waals surface area (Å²) in [5, 5.41) is 7.70. The van der Waals surface area contributed by atoms with Gasteiger partial charge in [-0.2, -0.15) is 0 Å². The molecule has 5 heteroatoms. The van der Waals surface area contributed by atoms with E-state index in [1.54, 1.807) is 0 Å². The average molecular weight is 345 g/mol. The lowest BCUT2D eigenvalue weighted by molar-refractivity contribution is -0.115. The summed E-state index contributed by atoms with van der Waals surface area (Å²) in [7, 11) is 0. The number of rotatable bonds is 3. The van der Waals surface area contributed by atoms with E-state index in [0.29, 0.717) is 11.3 Å². The maximum absolute atomic E-state index is 12.1. The van der Waals surface area contributed by atoms with Gasteiger partial charge in [0, 0.05) is 15.5 Å². The van der Waals surface area contributed by atoms with E-state index in [9.17, 15) is 4.79 Å². The van der Waals surface area contributed by atoms with Crippen molar-refractivity contribution >= 4 is 38.5 Å². The van der Waals surface area contributed by atoms with Crippen LogP contribution in [0.2, 0.25) is 0 Å². The molecule has 0 fully saturated rings. The molecule has 0 spiro atoms. The van der Waals surface area contributed by atoms with Gasteiger partial charge in [-0.1, -0.05) is 39.3 Å². The maximum Gasteiger partial charge on any atom is 0.230 e. The highest BCUT2D eigenvalue weighted by Gasteiger charge is 2.12. The number of nitrogens with one attached hydrogen (secondary N) is 1. The fourth-order valence-corrected chi connectivity index (χ4v) is 2.47. The first-order valence-electron chi connectivity index (χ1n) is 6.53. The van der Waals surface area contributed by atoms with Crippen LogP contribution in [0.3, 0.4) is 0 Å². The molecule has 0 aliphatic rings. The van der Waals surface area contributed by atoms with Gasteiger partial charge in [-0.25, -0.2) is 0 Å². The molecule has 2 aromatic carbocycles.